The second-order valence-electron chi connectivity index (χ2n) is 9.80. The van der Waals surface area contributed by atoms with Gasteiger partial charge in [0, 0.05) is 24.3 Å². The van der Waals surface area contributed by atoms with Gasteiger partial charge in [0.05, 0.1) is 42.5 Å². The van der Waals surface area contributed by atoms with E-state index in [9.17, 15) is 19.6 Å². The van der Waals surface area contributed by atoms with Gasteiger partial charge in [0.25, 0.3) is 0 Å². The first-order valence-electron chi connectivity index (χ1n) is 12.1. The van der Waals surface area contributed by atoms with E-state index in [0.717, 1.165) is 22.3 Å². The van der Waals surface area contributed by atoms with Crippen LogP contribution in [-0.4, -0.2) is 48.0 Å². The van der Waals surface area contributed by atoms with Gasteiger partial charge in [-0.15, -0.1) is 0 Å². The molecule has 1 aliphatic carbocycles. The van der Waals surface area contributed by atoms with Gasteiger partial charge in [0.2, 0.25) is 0 Å². The summed E-state index contributed by atoms with van der Waals surface area (Å²) in [7, 11) is 0. The average molecular weight is 485 g/mol. The molecule has 2 fully saturated rings. The van der Waals surface area contributed by atoms with E-state index in [1.54, 1.807) is 4.90 Å². The van der Waals surface area contributed by atoms with Crippen LogP contribution in [0.1, 0.15) is 41.0 Å². The van der Waals surface area contributed by atoms with E-state index >= 15 is 0 Å². The highest BCUT2D eigenvalue weighted by atomic mass is 19.1. The minimum atomic E-state index is -1.50. The van der Waals surface area contributed by atoms with Crippen molar-refractivity contribution in [2.45, 2.75) is 36.4 Å². The third kappa shape index (κ3) is 3.65. The normalized spacial score (nSPS) is 24.5. The molecule has 0 aromatic heterocycles. The topological polar surface area (TPSA) is 82.8 Å². The molecule has 2 atom stereocenters. The van der Waals surface area contributed by atoms with E-state index in [2.05, 4.69) is 24.3 Å². The lowest BCUT2D eigenvalue weighted by Gasteiger charge is -2.51. The fraction of sp³-hybridized carbons (Fsp3) is 0.310. The molecule has 2 saturated heterocycles. The summed E-state index contributed by atoms with van der Waals surface area (Å²) < 4.78 is 26.3. The Kier molecular flexibility index (Phi) is 5.51. The maximum atomic E-state index is 14.7. The van der Waals surface area contributed by atoms with E-state index in [4.69, 9.17) is 9.47 Å². The molecular formula is C29H25FN2O4. The van der Waals surface area contributed by atoms with Crippen molar-refractivity contribution in [2.24, 2.45) is 0 Å². The van der Waals surface area contributed by atoms with E-state index in [-0.39, 0.29) is 49.7 Å². The highest BCUT2D eigenvalue weighted by Crippen LogP contribution is 2.45. The molecular weight excluding hydrogens is 459 g/mol. The highest BCUT2D eigenvalue weighted by Gasteiger charge is 2.50. The van der Waals surface area contributed by atoms with Crippen molar-refractivity contribution in [1.82, 2.24) is 4.90 Å². The summed E-state index contributed by atoms with van der Waals surface area (Å²) in [5.74, 6) is -0.618. The van der Waals surface area contributed by atoms with Gasteiger partial charge in [-0.05, 0) is 40.5 Å². The second-order valence-corrected chi connectivity index (χ2v) is 9.80. The summed E-state index contributed by atoms with van der Waals surface area (Å²) in [5.41, 5.74) is 3.45. The summed E-state index contributed by atoms with van der Waals surface area (Å²) in [6.07, 6.45) is -0.262. The van der Waals surface area contributed by atoms with Gasteiger partial charge in [-0.2, -0.15) is 5.26 Å². The number of aliphatic hydroxyl groups is 1. The number of halogens is 1. The number of morpholine rings is 1. The van der Waals surface area contributed by atoms with Crippen LogP contribution in [0.25, 0.3) is 11.1 Å². The molecule has 36 heavy (non-hydrogen) atoms. The summed E-state index contributed by atoms with van der Waals surface area (Å²) in [5, 5.41) is 20.7. The van der Waals surface area contributed by atoms with Crippen LogP contribution in [-0.2, 0) is 15.1 Å². The Morgan fingerprint density at radius 3 is 2.28 bits per heavy atom. The lowest BCUT2D eigenvalue weighted by molar-refractivity contribution is -0.137. The van der Waals surface area contributed by atoms with Crippen molar-refractivity contribution < 1.29 is 23.8 Å². The van der Waals surface area contributed by atoms with Crippen LogP contribution < -0.4 is 0 Å². The number of benzene rings is 3. The van der Waals surface area contributed by atoms with Gasteiger partial charge in [0.15, 0.2) is 0 Å². The predicted molar refractivity (Wildman–Crippen MR) is 130 cm³/mol. The van der Waals surface area contributed by atoms with Crippen LogP contribution in [0, 0.1) is 17.1 Å². The van der Waals surface area contributed by atoms with Crippen LogP contribution in [0.2, 0.25) is 0 Å². The molecule has 0 spiro atoms. The minimum Gasteiger partial charge on any atom is -0.448 e. The van der Waals surface area contributed by atoms with Crippen molar-refractivity contribution in [1.29, 1.82) is 5.26 Å². The number of carbonyl (C=O) groups is 1. The monoisotopic (exact) mass is 484 g/mol. The van der Waals surface area contributed by atoms with Gasteiger partial charge in [-0.1, -0.05) is 48.5 Å². The van der Waals surface area contributed by atoms with E-state index < -0.39 is 29.6 Å². The number of hydrogen-bond acceptors (Lipinski definition) is 5. The Labute approximate surface area is 208 Å². The van der Waals surface area contributed by atoms with Crippen LogP contribution in [0.4, 0.5) is 9.18 Å². The Hall–Kier alpha value is -3.73. The molecule has 2 heterocycles. The van der Waals surface area contributed by atoms with Crippen molar-refractivity contribution in [3.05, 3.63) is 94.8 Å². The number of amides is 1. The lowest BCUT2D eigenvalue weighted by Crippen LogP contribution is -2.62. The first-order valence-corrected chi connectivity index (χ1v) is 12.1. The van der Waals surface area contributed by atoms with Crippen LogP contribution in [0.5, 0.6) is 0 Å². The molecule has 7 heteroatoms. The fourth-order valence-electron chi connectivity index (χ4n) is 6.11. The van der Waals surface area contributed by atoms with Crippen molar-refractivity contribution in [3.8, 4) is 17.2 Å². The molecule has 6 nitrogen and oxygen atoms in total. The number of piperidine rings is 1. The van der Waals surface area contributed by atoms with Crippen molar-refractivity contribution >= 4 is 6.09 Å². The molecule has 3 aliphatic rings. The molecule has 3 aromatic carbocycles. The quantitative estimate of drug-likeness (QED) is 0.583. The standard InChI is InChI=1S/C29H25FN2O4/c30-27-10-9-18(14-31)11-26(27)29(34)12-19-15-35-16-20(13-29)32(19)28(33)36-17-25-23-7-3-1-5-21(23)22-6-2-4-8-24(22)25/h1-11,19-20,25,34H,12-13,15-17H2. The Morgan fingerprint density at radius 2 is 1.67 bits per heavy atom. The maximum Gasteiger partial charge on any atom is 0.410 e. The third-order valence-electron chi connectivity index (χ3n) is 7.70. The number of nitriles is 1. The number of rotatable bonds is 3. The van der Waals surface area contributed by atoms with E-state index in [1.165, 1.54) is 18.2 Å². The van der Waals surface area contributed by atoms with Gasteiger partial charge in [-0.25, -0.2) is 9.18 Å². The lowest BCUT2D eigenvalue weighted by atomic mass is 9.76. The summed E-state index contributed by atoms with van der Waals surface area (Å²) in [6, 6.07) is 21.4. The molecule has 0 saturated carbocycles. The van der Waals surface area contributed by atoms with Gasteiger partial charge >= 0.3 is 6.09 Å². The zero-order chi connectivity index (χ0) is 24.9. The molecule has 1 amide bonds. The summed E-state index contributed by atoms with van der Waals surface area (Å²) >= 11 is 0. The molecule has 2 bridgehead atoms. The first kappa shape index (κ1) is 22.7. The minimum absolute atomic E-state index is 0.0537. The number of nitrogens with zero attached hydrogens (tertiary/aromatic N) is 2. The van der Waals surface area contributed by atoms with E-state index in [1.807, 2.05) is 30.3 Å². The number of ether oxygens (including phenoxy) is 2. The molecule has 0 radical (unpaired) electrons. The molecule has 6 rings (SSSR count). The van der Waals surface area contributed by atoms with Gasteiger partial charge < -0.3 is 14.6 Å². The Balaban J connectivity index is 1.22. The second kappa shape index (κ2) is 8.74. The fourth-order valence-corrected chi connectivity index (χ4v) is 6.11. The highest BCUT2D eigenvalue weighted by molar-refractivity contribution is 5.79. The molecule has 2 aliphatic heterocycles. The Bertz CT molecular complexity index is 1320. The van der Waals surface area contributed by atoms with Gasteiger partial charge in [0.1, 0.15) is 12.4 Å². The zero-order valence-corrected chi connectivity index (χ0v) is 19.6. The first-order chi connectivity index (χ1) is 17.5. The van der Waals surface area contributed by atoms with Crippen LogP contribution >= 0.6 is 0 Å². The van der Waals surface area contributed by atoms with Crippen molar-refractivity contribution in [3.63, 3.8) is 0 Å². The number of fused-ring (bicyclic) bond motifs is 5. The number of carbonyl (C=O) groups excluding carboxylic acids is 1. The van der Waals surface area contributed by atoms with Gasteiger partial charge in [-0.3, -0.25) is 4.90 Å². The van der Waals surface area contributed by atoms with E-state index in [0.29, 0.717) is 0 Å². The Morgan fingerprint density at radius 1 is 1.06 bits per heavy atom. The molecule has 3 aromatic rings. The van der Waals surface area contributed by atoms with Crippen LogP contribution in [0.3, 0.4) is 0 Å². The SMILES string of the molecule is N#Cc1ccc(F)c(C2(O)CC3COCC(C2)N3C(=O)OCC2c3ccccc3-c3ccccc32)c1. The largest absolute Gasteiger partial charge is 0.448 e. The predicted octanol–water partition coefficient (Wildman–Crippen LogP) is 4.70. The molecule has 2 unspecified atom stereocenters. The molecule has 182 valence electrons. The number of hydrogen-bond donors (Lipinski definition) is 1. The maximum absolute atomic E-state index is 14.7. The summed E-state index contributed by atoms with van der Waals surface area (Å²) in [6.45, 7) is 0.651. The van der Waals surface area contributed by atoms with Crippen LogP contribution in [0.15, 0.2) is 66.7 Å². The summed E-state index contributed by atoms with van der Waals surface area (Å²) in [4.78, 5) is 15.0. The van der Waals surface area contributed by atoms with Crippen molar-refractivity contribution in [2.75, 3.05) is 19.8 Å². The third-order valence-corrected chi connectivity index (χ3v) is 7.70. The molecule has 1 N–H and O–H groups in total. The zero-order valence-electron chi connectivity index (χ0n) is 19.6. The average Bonchev–Trinajstić information content (AvgIpc) is 3.20. The smallest absolute Gasteiger partial charge is 0.410 e.